The summed E-state index contributed by atoms with van der Waals surface area (Å²) in [5.74, 6) is 0. The average Bonchev–Trinajstić information content (AvgIpc) is 2.24. The van der Waals surface area contributed by atoms with Gasteiger partial charge in [0.25, 0.3) is 0 Å². The quantitative estimate of drug-likeness (QED) is 0.390. The van der Waals surface area contributed by atoms with Crippen LogP contribution in [0.25, 0.3) is 0 Å². The molecule has 0 fully saturated rings. The Hall–Kier alpha value is 0.110. The summed E-state index contributed by atoms with van der Waals surface area (Å²) in [4.78, 5) is 0. The zero-order valence-corrected chi connectivity index (χ0v) is 10.2. The van der Waals surface area contributed by atoms with Crippen LogP contribution in [-0.2, 0) is 4.57 Å². The van der Waals surface area contributed by atoms with E-state index in [9.17, 15) is 4.57 Å². The molecule has 0 atom stereocenters. The molecule has 0 radical (unpaired) electrons. The molecule has 0 rings (SSSR count). The highest BCUT2D eigenvalue weighted by Gasteiger charge is 2.20. The first-order valence-corrected chi connectivity index (χ1v) is 7.84. The fraction of sp³-hybridized carbons (Fsp3) is 1.00. The van der Waals surface area contributed by atoms with Crippen LogP contribution in [0.15, 0.2) is 0 Å². The van der Waals surface area contributed by atoms with E-state index in [1.54, 1.807) is 0 Å². The molecule has 0 saturated carbocycles. The van der Waals surface area contributed by atoms with Crippen molar-refractivity contribution >= 4 is 7.14 Å². The zero-order chi connectivity index (χ0) is 11.6. The molecule has 0 bridgehead atoms. The summed E-state index contributed by atoms with van der Waals surface area (Å²) in [6.07, 6.45) is 4.36. The van der Waals surface area contributed by atoms with E-state index >= 15 is 0 Å². The van der Waals surface area contributed by atoms with Gasteiger partial charge < -0.3 is 19.9 Å². The summed E-state index contributed by atoms with van der Waals surface area (Å²) in [6, 6.07) is 0. The normalized spacial score (nSPS) is 11.9. The lowest BCUT2D eigenvalue weighted by molar-refractivity contribution is 0.286. The van der Waals surface area contributed by atoms with Crippen molar-refractivity contribution in [3.63, 3.8) is 0 Å². The van der Waals surface area contributed by atoms with Gasteiger partial charge in [-0.1, -0.05) is 0 Å². The van der Waals surface area contributed by atoms with Crippen LogP contribution in [0.2, 0.25) is 0 Å². The van der Waals surface area contributed by atoms with Crippen molar-refractivity contribution in [1.29, 1.82) is 0 Å². The molecule has 0 amide bonds. The minimum absolute atomic E-state index is 0.0725. The van der Waals surface area contributed by atoms with Gasteiger partial charge in [0, 0.05) is 38.3 Å². The largest absolute Gasteiger partial charge is 0.396 e. The summed E-state index contributed by atoms with van der Waals surface area (Å²) in [6.45, 7) is 0.284. The Morgan fingerprint density at radius 1 is 0.667 bits per heavy atom. The van der Waals surface area contributed by atoms with Gasteiger partial charge in [-0.2, -0.15) is 0 Å². The summed E-state index contributed by atoms with van der Waals surface area (Å²) in [5.41, 5.74) is 0. The third kappa shape index (κ3) is 7.97. The van der Waals surface area contributed by atoms with E-state index < -0.39 is 7.14 Å². The molecular weight excluding hydrogens is 215 g/mol. The highest BCUT2D eigenvalue weighted by molar-refractivity contribution is 7.63. The first-order chi connectivity index (χ1) is 7.18. The maximum atomic E-state index is 12.3. The van der Waals surface area contributed by atoms with Gasteiger partial charge in [-0.15, -0.1) is 0 Å². The van der Waals surface area contributed by atoms with E-state index in [0.717, 1.165) is 6.42 Å². The Labute approximate surface area is 91.7 Å². The van der Waals surface area contributed by atoms with Crippen molar-refractivity contribution in [2.75, 3.05) is 38.3 Å². The number of hydrogen-bond donors (Lipinski definition) is 3. The standard InChI is InChI=1S/C10H23O4P/c11-5-1-2-8-15(14,9-3-6-12)10-4-7-13/h11-13H,1-10H2. The highest BCUT2D eigenvalue weighted by Crippen LogP contribution is 2.47. The fourth-order valence-electron chi connectivity index (χ4n) is 1.56. The van der Waals surface area contributed by atoms with Gasteiger partial charge in [-0.25, -0.2) is 0 Å². The van der Waals surface area contributed by atoms with E-state index in [1.807, 2.05) is 0 Å². The second kappa shape index (κ2) is 9.34. The van der Waals surface area contributed by atoms with Gasteiger partial charge in [0.15, 0.2) is 0 Å². The molecule has 4 nitrogen and oxygen atoms in total. The topological polar surface area (TPSA) is 77.8 Å². The minimum atomic E-state index is -2.21. The molecule has 0 aliphatic heterocycles. The van der Waals surface area contributed by atoms with Crippen molar-refractivity contribution in [3.8, 4) is 0 Å². The summed E-state index contributed by atoms with van der Waals surface area (Å²) in [7, 11) is -2.21. The predicted octanol–water partition coefficient (Wildman–Crippen LogP) is 0.887. The molecule has 0 heterocycles. The summed E-state index contributed by atoms with van der Waals surface area (Å²) in [5, 5.41) is 26.1. The van der Waals surface area contributed by atoms with Crippen LogP contribution in [-0.4, -0.2) is 53.6 Å². The molecule has 15 heavy (non-hydrogen) atoms. The average molecular weight is 238 g/mol. The van der Waals surface area contributed by atoms with Crippen molar-refractivity contribution in [2.45, 2.75) is 25.7 Å². The third-order valence-electron chi connectivity index (χ3n) is 2.42. The zero-order valence-electron chi connectivity index (χ0n) is 9.27. The smallest absolute Gasteiger partial charge is 0.0879 e. The van der Waals surface area contributed by atoms with E-state index in [-0.39, 0.29) is 19.8 Å². The lowest BCUT2D eigenvalue weighted by atomic mass is 10.4. The van der Waals surface area contributed by atoms with E-state index in [1.165, 1.54) is 0 Å². The van der Waals surface area contributed by atoms with Crippen LogP contribution in [0, 0.1) is 0 Å². The molecular formula is C10H23O4P. The number of aliphatic hydroxyl groups excluding tert-OH is 3. The molecule has 0 aliphatic rings. The molecule has 0 unspecified atom stereocenters. The van der Waals surface area contributed by atoms with Gasteiger partial charge in [0.2, 0.25) is 0 Å². The van der Waals surface area contributed by atoms with Crippen molar-refractivity contribution in [3.05, 3.63) is 0 Å². The molecule has 3 N–H and O–H groups in total. The van der Waals surface area contributed by atoms with Crippen LogP contribution in [0.1, 0.15) is 25.7 Å². The number of unbranched alkanes of at least 4 members (excludes halogenated alkanes) is 1. The predicted molar refractivity (Wildman–Crippen MR) is 61.9 cm³/mol. The lowest BCUT2D eigenvalue weighted by Gasteiger charge is -2.17. The SMILES string of the molecule is O=P(CCCO)(CCCO)CCCCO. The van der Waals surface area contributed by atoms with Crippen LogP contribution in [0.5, 0.6) is 0 Å². The monoisotopic (exact) mass is 238 g/mol. The molecule has 92 valence electrons. The summed E-state index contributed by atoms with van der Waals surface area (Å²) >= 11 is 0. The van der Waals surface area contributed by atoms with Crippen LogP contribution in [0.4, 0.5) is 0 Å². The second-order valence-corrected chi connectivity index (χ2v) is 7.27. The fourth-order valence-corrected chi connectivity index (χ4v) is 4.47. The first kappa shape index (κ1) is 15.1. The third-order valence-corrected chi connectivity index (χ3v) is 5.82. The molecule has 0 aromatic rings. The van der Waals surface area contributed by atoms with E-state index in [4.69, 9.17) is 15.3 Å². The maximum absolute atomic E-state index is 12.3. The Morgan fingerprint density at radius 2 is 1.07 bits per heavy atom. The molecule has 0 aliphatic carbocycles. The Balaban J connectivity index is 3.96. The van der Waals surface area contributed by atoms with E-state index in [2.05, 4.69) is 0 Å². The van der Waals surface area contributed by atoms with E-state index in [0.29, 0.717) is 37.7 Å². The van der Waals surface area contributed by atoms with Gasteiger partial charge in [0.05, 0.1) is 7.14 Å². The van der Waals surface area contributed by atoms with Gasteiger partial charge in [-0.3, -0.25) is 0 Å². The minimum Gasteiger partial charge on any atom is -0.396 e. The number of hydrogen-bond acceptors (Lipinski definition) is 4. The van der Waals surface area contributed by atoms with Crippen molar-refractivity contribution in [1.82, 2.24) is 0 Å². The van der Waals surface area contributed by atoms with Gasteiger partial charge in [-0.05, 0) is 25.7 Å². The highest BCUT2D eigenvalue weighted by atomic mass is 31.2. The number of aliphatic hydroxyl groups is 3. The first-order valence-electron chi connectivity index (χ1n) is 5.58. The van der Waals surface area contributed by atoms with Crippen LogP contribution >= 0.6 is 7.14 Å². The maximum Gasteiger partial charge on any atom is 0.0879 e. The van der Waals surface area contributed by atoms with Gasteiger partial charge >= 0.3 is 0 Å². The lowest BCUT2D eigenvalue weighted by Crippen LogP contribution is -2.04. The molecule has 5 heteroatoms. The van der Waals surface area contributed by atoms with Crippen LogP contribution in [0.3, 0.4) is 0 Å². The molecule has 0 spiro atoms. The second-order valence-electron chi connectivity index (χ2n) is 3.81. The summed E-state index contributed by atoms with van der Waals surface area (Å²) < 4.78 is 12.3. The van der Waals surface area contributed by atoms with Crippen LogP contribution < -0.4 is 0 Å². The Morgan fingerprint density at radius 3 is 1.47 bits per heavy atom. The number of rotatable bonds is 10. The Bertz CT molecular complexity index is 172. The van der Waals surface area contributed by atoms with Gasteiger partial charge in [0.1, 0.15) is 0 Å². The molecule has 0 saturated heterocycles. The van der Waals surface area contributed by atoms with Crippen molar-refractivity contribution in [2.24, 2.45) is 0 Å². The van der Waals surface area contributed by atoms with Crippen molar-refractivity contribution < 1.29 is 19.9 Å². The Kier molecular flexibility index (Phi) is 9.41. The molecule has 0 aromatic heterocycles. The molecule has 0 aromatic carbocycles.